The molecule has 0 saturated carbocycles. The van der Waals surface area contributed by atoms with Crippen LogP contribution in [0, 0.1) is 0 Å². The van der Waals surface area contributed by atoms with E-state index in [1.54, 1.807) is 23.5 Å². The largest absolute Gasteiger partial charge is 0.480 e. The second kappa shape index (κ2) is 14.1. The average molecular weight is 449 g/mol. The molecule has 2 aromatic carbocycles. The van der Waals surface area contributed by atoms with E-state index in [-0.39, 0.29) is 0 Å². The van der Waals surface area contributed by atoms with E-state index < -0.39 is 24.0 Å². The monoisotopic (exact) mass is 448 g/mol. The van der Waals surface area contributed by atoms with Gasteiger partial charge in [-0.1, -0.05) is 60.7 Å². The number of rotatable bonds is 15. The first-order chi connectivity index (χ1) is 14.6. The lowest BCUT2D eigenvalue weighted by Gasteiger charge is -2.17. The highest BCUT2D eigenvalue weighted by Crippen LogP contribution is 2.14. The number of carbonyl (C=O) groups is 2. The minimum atomic E-state index is -0.899. The van der Waals surface area contributed by atoms with Crippen molar-refractivity contribution in [2.75, 3.05) is 24.6 Å². The summed E-state index contributed by atoms with van der Waals surface area (Å²) in [6.07, 6.45) is 0. The van der Waals surface area contributed by atoms with E-state index in [2.05, 4.69) is 10.6 Å². The van der Waals surface area contributed by atoms with Gasteiger partial charge in [0, 0.05) is 36.1 Å². The van der Waals surface area contributed by atoms with Crippen LogP contribution in [0.2, 0.25) is 0 Å². The SMILES string of the molecule is O=C(O)[C@H](CSCc1ccccc1)NCCN[C@@H](CSCc1ccccc1)C(=O)O. The maximum atomic E-state index is 11.5. The molecular formula is C22H28N2O4S2. The molecule has 0 bridgehead atoms. The molecule has 0 saturated heterocycles. The van der Waals surface area contributed by atoms with Gasteiger partial charge in [0.15, 0.2) is 0 Å². The number of benzene rings is 2. The third kappa shape index (κ3) is 9.67. The van der Waals surface area contributed by atoms with E-state index in [9.17, 15) is 19.8 Å². The zero-order chi connectivity index (χ0) is 21.6. The molecule has 0 radical (unpaired) electrons. The predicted molar refractivity (Wildman–Crippen MR) is 124 cm³/mol. The van der Waals surface area contributed by atoms with Gasteiger partial charge in [-0.15, -0.1) is 0 Å². The summed E-state index contributed by atoms with van der Waals surface area (Å²) in [6.45, 7) is 0.770. The first-order valence-electron chi connectivity index (χ1n) is 9.72. The van der Waals surface area contributed by atoms with Crippen molar-refractivity contribution in [1.29, 1.82) is 0 Å². The molecule has 6 nitrogen and oxygen atoms in total. The first kappa shape index (κ1) is 24.3. The molecule has 0 spiro atoms. The molecule has 0 aliphatic carbocycles. The standard InChI is InChI=1S/C22H28N2O4S2/c25-21(26)19(15-29-13-17-7-3-1-4-8-17)23-11-12-24-20(22(27)28)16-30-14-18-9-5-2-6-10-18/h1-10,19-20,23-24H,11-16H2,(H,25,26)(H,27,28)/t19-,20-/m0/s1. The molecule has 0 aromatic heterocycles. The summed E-state index contributed by atoms with van der Waals surface area (Å²) in [4.78, 5) is 22.9. The average Bonchev–Trinajstić information content (AvgIpc) is 2.75. The van der Waals surface area contributed by atoms with Crippen LogP contribution < -0.4 is 10.6 Å². The summed E-state index contributed by atoms with van der Waals surface area (Å²) < 4.78 is 0. The summed E-state index contributed by atoms with van der Waals surface area (Å²) in [6, 6.07) is 18.5. The lowest BCUT2D eigenvalue weighted by atomic mass is 10.2. The Bertz CT molecular complexity index is 697. The lowest BCUT2D eigenvalue weighted by Crippen LogP contribution is -2.46. The lowest BCUT2D eigenvalue weighted by molar-refractivity contribution is -0.140. The van der Waals surface area contributed by atoms with E-state index in [4.69, 9.17) is 0 Å². The van der Waals surface area contributed by atoms with Crippen LogP contribution in [0.1, 0.15) is 11.1 Å². The zero-order valence-corrected chi connectivity index (χ0v) is 18.3. The minimum absolute atomic E-state index is 0.385. The molecule has 162 valence electrons. The quantitative estimate of drug-likeness (QED) is 0.309. The van der Waals surface area contributed by atoms with E-state index >= 15 is 0 Å². The number of carboxylic acids is 2. The van der Waals surface area contributed by atoms with Gasteiger partial charge in [-0.05, 0) is 11.1 Å². The maximum Gasteiger partial charge on any atom is 0.321 e. The van der Waals surface area contributed by atoms with Crippen LogP contribution in [0.25, 0.3) is 0 Å². The molecule has 2 atom stereocenters. The number of carboxylic acid groups (broad SMARTS) is 2. The van der Waals surface area contributed by atoms with Crippen molar-refractivity contribution >= 4 is 35.5 Å². The third-order valence-electron chi connectivity index (χ3n) is 4.29. The van der Waals surface area contributed by atoms with Crippen molar-refractivity contribution in [2.45, 2.75) is 23.6 Å². The van der Waals surface area contributed by atoms with Crippen LogP contribution in [0.15, 0.2) is 60.7 Å². The summed E-state index contributed by atoms with van der Waals surface area (Å²) >= 11 is 3.12. The summed E-state index contributed by atoms with van der Waals surface area (Å²) in [5, 5.41) is 24.8. The Hall–Kier alpha value is -2.00. The molecule has 0 unspecified atom stereocenters. The fourth-order valence-electron chi connectivity index (χ4n) is 2.67. The number of aliphatic carboxylic acids is 2. The molecule has 8 heteroatoms. The molecule has 4 N–H and O–H groups in total. The zero-order valence-electron chi connectivity index (χ0n) is 16.7. The smallest absolute Gasteiger partial charge is 0.321 e. The van der Waals surface area contributed by atoms with Gasteiger partial charge in [0.25, 0.3) is 0 Å². The van der Waals surface area contributed by atoms with Gasteiger partial charge in [0.2, 0.25) is 0 Å². The molecule has 0 aliphatic rings. The second-order valence-corrected chi connectivity index (χ2v) is 8.75. The van der Waals surface area contributed by atoms with Crippen LogP contribution in [-0.4, -0.2) is 58.8 Å². The Morgan fingerprint density at radius 2 is 1.07 bits per heavy atom. The van der Waals surface area contributed by atoms with Crippen molar-refractivity contribution in [1.82, 2.24) is 10.6 Å². The van der Waals surface area contributed by atoms with Crippen LogP contribution in [0.5, 0.6) is 0 Å². The van der Waals surface area contributed by atoms with Crippen molar-refractivity contribution in [3.63, 3.8) is 0 Å². The fourth-order valence-corrected chi connectivity index (χ4v) is 4.75. The number of thioether (sulfide) groups is 2. The van der Waals surface area contributed by atoms with Gasteiger partial charge >= 0.3 is 11.9 Å². The molecule has 30 heavy (non-hydrogen) atoms. The summed E-state index contributed by atoms with van der Waals surface area (Å²) in [7, 11) is 0. The van der Waals surface area contributed by atoms with Crippen molar-refractivity contribution in [3.05, 3.63) is 71.8 Å². The molecule has 0 aliphatic heterocycles. The van der Waals surface area contributed by atoms with Gasteiger partial charge < -0.3 is 20.8 Å². The number of nitrogens with one attached hydrogen (secondary N) is 2. The Labute approximate surface area is 185 Å². The number of hydrogen-bond donors (Lipinski definition) is 4. The van der Waals surface area contributed by atoms with Crippen LogP contribution in [-0.2, 0) is 21.1 Å². The van der Waals surface area contributed by atoms with Crippen molar-refractivity contribution < 1.29 is 19.8 Å². The van der Waals surface area contributed by atoms with E-state index in [1.165, 1.54) is 0 Å². The topological polar surface area (TPSA) is 98.7 Å². The highest BCUT2D eigenvalue weighted by molar-refractivity contribution is 7.98. The van der Waals surface area contributed by atoms with Crippen LogP contribution in [0.3, 0.4) is 0 Å². The molecule has 0 heterocycles. The van der Waals surface area contributed by atoms with E-state index in [1.807, 2.05) is 60.7 Å². The van der Waals surface area contributed by atoms with Crippen LogP contribution in [0.4, 0.5) is 0 Å². The molecular weight excluding hydrogens is 420 g/mol. The van der Waals surface area contributed by atoms with Gasteiger partial charge in [-0.25, -0.2) is 0 Å². The minimum Gasteiger partial charge on any atom is -0.480 e. The van der Waals surface area contributed by atoms with Crippen molar-refractivity contribution in [2.24, 2.45) is 0 Å². The van der Waals surface area contributed by atoms with Crippen molar-refractivity contribution in [3.8, 4) is 0 Å². The maximum absolute atomic E-state index is 11.5. The van der Waals surface area contributed by atoms with Gasteiger partial charge in [-0.2, -0.15) is 23.5 Å². The van der Waals surface area contributed by atoms with E-state index in [0.717, 1.165) is 22.6 Å². The Morgan fingerprint density at radius 1 is 0.700 bits per heavy atom. The molecule has 2 rings (SSSR count). The summed E-state index contributed by atoms with van der Waals surface area (Å²) in [5.74, 6) is 0.598. The Morgan fingerprint density at radius 3 is 1.40 bits per heavy atom. The number of hydrogen-bond acceptors (Lipinski definition) is 6. The van der Waals surface area contributed by atoms with Gasteiger partial charge in [0.1, 0.15) is 12.1 Å². The normalized spacial score (nSPS) is 12.9. The van der Waals surface area contributed by atoms with Gasteiger partial charge in [-0.3, -0.25) is 9.59 Å². The first-order valence-corrected chi connectivity index (χ1v) is 12.0. The third-order valence-corrected chi connectivity index (χ3v) is 6.51. The second-order valence-electron chi connectivity index (χ2n) is 6.69. The van der Waals surface area contributed by atoms with Gasteiger partial charge in [0.05, 0.1) is 0 Å². The Kier molecular flexibility index (Phi) is 11.4. The highest BCUT2D eigenvalue weighted by atomic mass is 32.2. The van der Waals surface area contributed by atoms with E-state index in [0.29, 0.717) is 24.6 Å². The molecule has 0 fully saturated rings. The summed E-state index contributed by atoms with van der Waals surface area (Å²) in [5.41, 5.74) is 2.32. The molecule has 2 aromatic rings. The Balaban J connectivity index is 1.65. The predicted octanol–water partition coefficient (Wildman–Crippen LogP) is 2.94. The molecule has 0 amide bonds. The fraction of sp³-hybridized carbons (Fsp3) is 0.364. The highest BCUT2D eigenvalue weighted by Gasteiger charge is 2.19. The van der Waals surface area contributed by atoms with Crippen LogP contribution >= 0.6 is 23.5 Å².